The molecule has 1 fully saturated rings. The Kier molecular flexibility index (Phi) is 6.39. The van der Waals surface area contributed by atoms with Crippen LogP contribution in [-0.4, -0.2) is 41.2 Å². The van der Waals surface area contributed by atoms with Gasteiger partial charge in [-0.2, -0.15) is 0 Å². The SMILES string of the molecule is Cc1ccc(NC(=S)NCCCN2CCCC(C)C2)nc1. The summed E-state index contributed by atoms with van der Waals surface area (Å²) >= 11 is 5.28. The Hall–Kier alpha value is -1.20. The van der Waals surface area contributed by atoms with Crippen molar-refractivity contribution in [3.05, 3.63) is 23.9 Å². The number of aromatic nitrogens is 1. The number of piperidine rings is 1. The number of anilines is 1. The minimum absolute atomic E-state index is 0.651. The second-order valence-electron chi connectivity index (χ2n) is 6.00. The summed E-state index contributed by atoms with van der Waals surface area (Å²) in [6.45, 7) is 8.93. The van der Waals surface area contributed by atoms with Gasteiger partial charge in [0.25, 0.3) is 0 Å². The molecule has 0 radical (unpaired) electrons. The average molecular weight is 306 g/mol. The highest BCUT2D eigenvalue weighted by atomic mass is 32.1. The van der Waals surface area contributed by atoms with Crippen LogP contribution in [0.3, 0.4) is 0 Å². The van der Waals surface area contributed by atoms with E-state index in [1.165, 1.54) is 25.9 Å². The summed E-state index contributed by atoms with van der Waals surface area (Å²) in [4.78, 5) is 6.84. The van der Waals surface area contributed by atoms with E-state index in [0.29, 0.717) is 5.11 Å². The number of aryl methyl sites for hydroxylation is 1. The van der Waals surface area contributed by atoms with E-state index in [0.717, 1.165) is 36.8 Å². The lowest BCUT2D eigenvalue weighted by molar-refractivity contribution is 0.182. The topological polar surface area (TPSA) is 40.2 Å². The van der Waals surface area contributed by atoms with Crippen LogP contribution in [0, 0.1) is 12.8 Å². The van der Waals surface area contributed by atoms with Crippen LogP contribution in [0.1, 0.15) is 31.7 Å². The molecular formula is C16H26N4S. The standard InChI is InChI=1S/C16H26N4S/c1-13-6-7-15(18-11-13)19-16(21)17-8-4-10-20-9-3-5-14(2)12-20/h6-7,11,14H,3-5,8-10,12H2,1-2H3,(H2,17,18,19,21). The van der Waals surface area contributed by atoms with Crippen molar-refractivity contribution in [1.29, 1.82) is 0 Å². The number of thiocarbonyl (C=S) groups is 1. The predicted molar refractivity (Wildman–Crippen MR) is 92.7 cm³/mol. The van der Waals surface area contributed by atoms with Crippen molar-refractivity contribution in [3.8, 4) is 0 Å². The summed E-state index contributed by atoms with van der Waals surface area (Å²) in [5.41, 5.74) is 1.15. The number of likely N-dealkylation sites (tertiary alicyclic amines) is 1. The minimum atomic E-state index is 0.651. The first-order valence-electron chi connectivity index (χ1n) is 7.83. The molecule has 0 saturated carbocycles. The van der Waals surface area contributed by atoms with Gasteiger partial charge in [-0.05, 0) is 69.0 Å². The van der Waals surface area contributed by atoms with E-state index in [1.54, 1.807) is 0 Å². The molecule has 1 unspecified atom stereocenters. The molecule has 5 heteroatoms. The normalized spacial score (nSPS) is 19.2. The van der Waals surface area contributed by atoms with E-state index in [2.05, 4.69) is 27.4 Å². The fourth-order valence-corrected chi connectivity index (χ4v) is 2.90. The van der Waals surface area contributed by atoms with Gasteiger partial charge in [0.1, 0.15) is 5.82 Å². The molecule has 0 aliphatic carbocycles. The van der Waals surface area contributed by atoms with Gasteiger partial charge in [-0.15, -0.1) is 0 Å². The average Bonchev–Trinajstić information content (AvgIpc) is 2.46. The Labute approximate surface area is 133 Å². The molecule has 116 valence electrons. The summed E-state index contributed by atoms with van der Waals surface area (Å²) < 4.78 is 0. The smallest absolute Gasteiger partial charge is 0.171 e. The van der Waals surface area contributed by atoms with Crippen LogP contribution < -0.4 is 10.6 Å². The summed E-state index contributed by atoms with van der Waals surface area (Å²) in [7, 11) is 0. The van der Waals surface area contributed by atoms with Crippen molar-refractivity contribution in [2.75, 3.05) is 31.5 Å². The molecule has 0 bridgehead atoms. The molecular weight excluding hydrogens is 280 g/mol. The first-order valence-corrected chi connectivity index (χ1v) is 8.24. The molecule has 0 spiro atoms. The fraction of sp³-hybridized carbons (Fsp3) is 0.625. The van der Waals surface area contributed by atoms with E-state index in [-0.39, 0.29) is 0 Å². The number of hydrogen-bond acceptors (Lipinski definition) is 3. The summed E-state index contributed by atoms with van der Waals surface area (Å²) in [5.74, 6) is 1.64. The van der Waals surface area contributed by atoms with Crippen molar-refractivity contribution in [1.82, 2.24) is 15.2 Å². The van der Waals surface area contributed by atoms with Crippen molar-refractivity contribution in [2.45, 2.75) is 33.1 Å². The molecule has 2 rings (SSSR count). The number of nitrogens with one attached hydrogen (secondary N) is 2. The third-order valence-electron chi connectivity index (χ3n) is 3.83. The first kappa shape index (κ1) is 16.2. The van der Waals surface area contributed by atoms with Crippen molar-refractivity contribution >= 4 is 23.1 Å². The molecule has 2 heterocycles. The molecule has 0 amide bonds. The second kappa shape index (κ2) is 8.29. The molecule has 1 saturated heterocycles. The summed E-state index contributed by atoms with van der Waals surface area (Å²) in [6, 6.07) is 3.97. The van der Waals surface area contributed by atoms with E-state index in [1.807, 2.05) is 25.3 Å². The zero-order chi connectivity index (χ0) is 15.1. The van der Waals surface area contributed by atoms with Gasteiger partial charge in [-0.3, -0.25) is 0 Å². The van der Waals surface area contributed by atoms with Crippen LogP contribution in [0.5, 0.6) is 0 Å². The maximum Gasteiger partial charge on any atom is 0.171 e. The fourth-order valence-electron chi connectivity index (χ4n) is 2.70. The van der Waals surface area contributed by atoms with E-state index < -0.39 is 0 Å². The van der Waals surface area contributed by atoms with Crippen LogP contribution in [0.25, 0.3) is 0 Å². The quantitative estimate of drug-likeness (QED) is 0.646. The van der Waals surface area contributed by atoms with Crippen LogP contribution in [0.2, 0.25) is 0 Å². The van der Waals surface area contributed by atoms with E-state index >= 15 is 0 Å². The molecule has 1 aromatic rings. The van der Waals surface area contributed by atoms with Gasteiger partial charge >= 0.3 is 0 Å². The summed E-state index contributed by atoms with van der Waals surface area (Å²) in [6.07, 6.45) is 5.68. The third-order valence-corrected chi connectivity index (χ3v) is 4.08. The van der Waals surface area contributed by atoms with E-state index in [9.17, 15) is 0 Å². The van der Waals surface area contributed by atoms with Crippen molar-refractivity contribution < 1.29 is 0 Å². The molecule has 4 nitrogen and oxygen atoms in total. The highest BCUT2D eigenvalue weighted by molar-refractivity contribution is 7.80. The van der Waals surface area contributed by atoms with Gasteiger partial charge in [0.05, 0.1) is 0 Å². The number of rotatable bonds is 5. The van der Waals surface area contributed by atoms with Gasteiger partial charge < -0.3 is 15.5 Å². The lowest BCUT2D eigenvalue weighted by atomic mass is 10.0. The Morgan fingerprint density at radius 2 is 2.33 bits per heavy atom. The lowest BCUT2D eigenvalue weighted by Gasteiger charge is -2.30. The Bertz CT molecular complexity index is 446. The van der Waals surface area contributed by atoms with Crippen molar-refractivity contribution in [3.63, 3.8) is 0 Å². The van der Waals surface area contributed by atoms with Crippen molar-refractivity contribution in [2.24, 2.45) is 5.92 Å². The molecule has 21 heavy (non-hydrogen) atoms. The van der Waals surface area contributed by atoms with Crippen LogP contribution in [0.4, 0.5) is 5.82 Å². The molecule has 1 aliphatic heterocycles. The Balaban J connectivity index is 1.59. The zero-order valence-electron chi connectivity index (χ0n) is 13.1. The second-order valence-corrected chi connectivity index (χ2v) is 6.41. The predicted octanol–water partition coefficient (Wildman–Crippen LogP) is 2.80. The van der Waals surface area contributed by atoms with Gasteiger partial charge in [0, 0.05) is 19.3 Å². The van der Waals surface area contributed by atoms with Gasteiger partial charge in [0.2, 0.25) is 0 Å². The molecule has 1 aliphatic rings. The summed E-state index contributed by atoms with van der Waals surface area (Å²) in [5, 5.41) is 7.01. The minimum Gasteiger partial charge on any atom is -0.362 e. The van der Waals surface area contributed by atoms with Gasteiger partial charge in [-0.1, -0.05) is 13.0 Å². The van der Waals surface area contributed by atoms with Gasteiger partial charge in [0.15, 0.2) is 5.11 Å². The zero-order valence-corrected chi connectivity index (χ0v) is 13.9. The van der Waals surface area contributed by atoms with Crippen LogP contribution in [0.15, 0.2) is 18.3 Å². The maximum atomic E-state index is 5.28. The largest absolute Gasteiger partial charge is 0.362 e. The highest BCUT2D eigenvalue weighted by Crippen LogP contribution is 2.15. The maximum absolute atomic E-state index is 5.28. The van der Waals surface area contributed by atoms with E-state index in [4.69, 9.17) is 12.2 Å². The Morgan fingerprint density at radius 3 is 3.05 bits per heavy atom. The van der Waals surface area contributed by atoms with Gasteiger partial charge in [-0.25, -0.2) is 4.98 Å². The number of hydrogen-bond donors (Lipinski definition) is 2. The lowest BCUT2D eigenvalue weighted by Crippen LogP contribution is -2.37. The molecule has 0 aromatic carbocycles. The molecule has 2 N–H and O–H groups in total. The van der Waals surface area contributed by atoms with Crippen LogP contribution >= 0.6 is 12.2 Å². The number of nitrogens with zero attached hydrogens (tertiary/aromatic N) is 2. The Morgan fingerprint density at radius 1 is 1.48 bits per heavy atom. The number of pyridine rings is 1. The molecule has 1 aromatic heterocycles. The molecule has 1 atom stereocenters. The monoisotopic (exact) mass is 306 g/mol. The third kappa shape index (κ3) is 5.98. The first-order chi connectivity index (χ1) is 10.1. The van der Waals surface area contributed by atoms with Crippen LogP contribution in [-0.2, 0) is 0 Å². The highest BCUT2D eigenvalue weighted by Gasteiger charge is 2.15.